The van der Waals surface area contributed by atoms with E-state index in [2.05, 4.69) is 0 Å². The number of hydrogen-bond donors (Lipinski definition) is 2. The Morgan fingerprint density at radius 2 is 1.73 bits per heavy atom. The Morgan fingerprint density at radius 1 is 1.27 bits per heavy atom. The topological polar surface area (TPSA) is 89.3 Å². The van der Waals surface area contributed by atoms with Gasteiger partial charge in [-0.05, 0) is 24.3 Å². The zero-order valence-electron chi connectivity index (χ0n) is 7.93. The number of sulfonamides is 1. The number of benzene rings is 1. The van der Waals surface area contributed by atoms with Crippen LogP contribution < -0.4 is 10.5 Å². The minimum absolute atomic E-state index is 0. The van der Waals surface area contributed by atoms with Gasteiger partial charge in [-0.1, -0.05) is 0 Å². The predicted octanol–water partition coefficient (Wildman–Crippen LogP) is 0.515. The summed E-state index contributed by atoms with van der Waals surface area (Å²) < 4.78 is 24.6. The van der Waals surface area contributed by atoms with Crippen LogP contribution in [0.1, 0.15) is 6.92 Å². The van der Waals surface area contributed by atoms with Gasteiger partial charge in [0, 0.05) is 12.6 Å². The Balaban J connectivity index is 0.00000196. The second-order valence-electron chi connectivity index (χ2n) is 2.73. The third-order valence-corrected chi connectivity index (χ3v) is 2.92. The van der Waals surface area contributed by atoms with E-state index < -0.39 is 15.9 Å². The second kappa shape index (κ2) is 4.99. The van der Waals surface area contributed by atoms with E-state index in [1.165, 1.54) is 24.3 Å². The smallest absolute Gasteiger partial charge is 0.264 e. The lowest BCUT2D eigenvalue weighted by Gasteiger charge is -2.04. The summed E-state index contributed by atoms with van der Waals surface area (Å²) in [7, 11) is -3.73. The molecule has 0 aliphatic heterocycles. The van der Waals surface area contributed by atoms with Crippen LogP contribution in [0.15, 0.2) is 29.2 Å². The molecule has 0 spiro atoms. The Kier molecular flexibility index (Phi) is 4.57. The van der Waals surface area contributed by atoms with E-state index >= 15 is 0 Å². The van der Waals surface area contributed by atoms with Gasteiger partial charge in [0.2, 0.25) is 5.91 Å². The van der Waals surface area contributed by atoms with Crippen molar-refractivity contribution >= 4 is 34.0 Å². The minimum atomic E-state index is -3.73. The van der Waals surface area contributed by atoms with E-state index in [1.807, 2.05) is 4.72 Å². The first-order chi connectivity index (χ1) is 6.42. The molecule has 0 radical (unpaired) electrons. The lowest BCUT2D eigenvalue weighted by atomic mass is 10.3. The fourth-order valence-corrected chi connectivity index (χ4v) is 1.89. The van der Waals surface area contributed by atoms with Gasteiger partial charge in [0.1, 0.15) is 0 Å². The molecule has 5 nitrogen and oxygen atoms in total. The molecule has 3 N–H and O–H groups in total. The SMILES string of the molecule is CC(=O)NS(=O)(=O)c1ccc(N)cc1.Cl. The zero-order valence-corrected chi connectivity index (χ0v) is 9.56. The Labute approximate surface area is 94.1 Å². The molecule has 0 bridgehead atoms. The Hall–Kier alpha value is -1.27. The van der Waals surface area contributed by atoms with Crippen molar-refractivity contribution in [3.8, 4) is 0 Å². The van der Waals surface area contributed by atoms with Crippen molar-refractivity contribution in [2.75, 3.05) is 5.73 Å². The maximum atomic E-state index is 11.4. The number of rotatable bonds is 2. The van der Waals surface area contributed by atoms with Crippen LogP contribution in [-0.2, 0) is 14.8 Å². The fourth-order valence-electron chi connectivity index (χ4n) is 0.895. The molecule has 0 unspecified atom stereocenters. The zero-order chi connectivity index (χ0) is 10.8. The van der Waals surface area contributed by atoms with E-state index in [0.29, 0.717) is 5.69 Å². The molecule has 0 heterocycles. The summed E-state index contributed by atoms with van der Waals surface area (Å²) in [5.74, 6) is -0.623. The molecule has 84 valence electrons. The quantitative estimate of drug-likeness (QED) is 0.749. The van der Waals surface area contributed by atoms with Crippen molar-refractivity contribution in [2.24, 2.45) is 0 Å². The number of anilines is 1. The van der Waals surface area contributed by atoms with Gasteiger partial charge in [0.05, 0.1) is 4.90 Å². The average molecular weight is 251 g/mol. The molecule has 0 atom stereocenters. The predicted molar refractivity (Wildman–Crippen MR) is 59.1 cm³/mol. The summed E-state index contributed by atoms with van der Waals surface area (Å²) >= 11 is 0. The standard InChI is InChI=1S/C8H10N2O3S.ClH/c1-6(11)10-14(12,13)8-4-2-7(9)3-5-8;/h2-5H,9H2,1H3,(H,10,11);1H. The number of nitrogen functional groups attached to an aromatic ring is 1. The van der Waals surface area contributed by atoms with Gasteiger partial charge in [-0.3, -0.25) is 4.79 Å². The van der Waals surface area contributed by atoms with Crippen molar-refractivity contribution in [1.82, 2.24) is 4.72 Å². The monoisotopic (exact) mass is 250 g/mol. The molecule has 0 saturated heterocycles. The molecular formula is C8H11ClN2O3S. The molecule has 0 fully saturated rings. The largest absolute Gasteiger partial charge is 0.399 e. The first kappa shape index (κ1) is 13.7. The normalized spacial score (nSPS) is 10.2. The number of hydrogen-bond acceptors (Lipinski definition) is 4. The van der Waals surface area contributed by atoms with Crippen LogP contribution in [0.3, 0.4) is 0 Å². The van der Waals surface area contributed by atoms with E-state index in [0.717, 1.165) is 6.92 Å². The van der Waals surface area contributed by atoms with Crippen LogP contribution in [0.2, 0.25) is 0 Å². The van der Waals surface area contributed by atoms with Crippen molar-refractivity contribution in [2.45, 2.75) is 11.8 Å². The Bertz CT molecular complexity index is 441. The Morgan fingerprint density at radius 3 is 2.13 bits per heavy atom. The lowest BCUT2D eigenvalue weighted by molar-refractivity contribution is -0.117. The van der Waals surface area contributed by atoms with Gasteiger partial charge in [-0.2, -0.15) is 0 Å². The third kappa shape index (κ3) is 3.77. The molecular weight excluding hydrogens is 240 g/mol. The van der Waals surface area contributed by atoms with Gasteiger partial charge in [-0.15, -0.1) is 12.4 Å². The van der Waals surface area contributed by atoms with Crippen LogP contribution in [0.5, 0.6) is 0 Å². The molecule has 1 aromatic rings. The molecule has 0 aromatic heterocycles. The van der Waals surface area contributed by atoms with Crippen molar-refractivity contribution in [3.05, 3.63) is 24.3 Å². The van der Waals surface area contributed by atoms with Crippen LogP contribution >= 0.6 is 12.4 Å². The molecule has 7 heteroatoms. The van der Waals surface area contributed by atoms with E-state index in [1.54, 1.807) is 0 Å². The number of nitrogens with two attached hydrogens (primary N) is 1. The molecule has 0 aliphatic carbocycles. The maximum Gasteiger partial charge on any atom is 0.264 e. The summed E-state index contributed by atoms with van der Waals surface area (Å²) in [6.07, 6.45) is 0. The second-order valence-corrected chi connectivity index (χ2v) is 4.41. The summed E-state index contributed by atoms with van der Waals surface area (Å²) in [5, 5.41) is 0. The summed E-state index contributed by atoms with van der Waals surface area (Å²) in [4.78, 5) is 10.6. The van der Waals surface area contributed by atoms with Crippen molar-refractivity contribution in [3.63, 3.8) is 0 Å². The maximum absolute atomic E-state index is 11.4. The number of amides is 1. The van der Waals surface area contributed by atoms with Gasteiger partial charge < -0.3 is 5.73 Å². The highest BCUT2D eigenvalue weighted by molar-refractivity contribution is 7.90. The van der Waals surface area contributed by atoms with Gasteiger partial charge in [0.25, 0.3) is 10.0 Å². The highest BCUT2D eigenvalue weighted by atomic mass is 35.5. The van der Waals surface area contributed by atoms with Gasteiger partial charge >= 0.3 is 0 Å². The molecule has 15 heavy (non-hydrogen) atoms. The highest BCUT2D eigenvalue weighted by Gasteiger charge is 2.14. The number of carbonyl (C=O) groups excluding carboxylic acids is 1. The third-order valence-electron chi connectivity index (χ3n) is 1.47. The number of carbonyl (C=O) groups is 1. The van der Waals surface area contributed by atoms with Crippen LogP contribution in [0, 0.1) is 0 Å². The first-order valence-electron chi connectivity index (χ1n) is 3.81. The number of halogens is 1. The van der Waals surface area contributed by atoms with Crippen molar-refractivity contribution in [1.29, 1.82) is 0 Å². The van der Waals surface area contributed by atoms with Crippen LogP contribution in [-0.4, -0.2) is 14.3 Å². The summed E-state index contributed by atoms with van der Waals surface area (Å²) in [6, 6.07) is 5.57. The number of nitrogens with one attached hydrogen (secondary N) is 1. The lowest BCUT2D eigenvalue weighted by Crippen LogP contribution is -2.28. The molecule has 0 saturated carbocycles. The van der Waals surface area contributed by atoms with Gasteiger partial charge in [-0.25, -0.2) is 13.1 Å². The highest BCUT2D eigenvalue weighted by Crippen LogP contribution is 2.10. The summed E-state index contributed by atoms with van der Waals surface area (Å²) in [6.45, 7) is 1.13. The molecule has 1 rings (SSSR count). The molecule has 1 amide bonds. The first-order valence-corrected chi connectivity index (χ1v) is 5.29. The minimum Gasteiger partial charge on any atom is -0.399 e. The van der Waals surface area contributed by atoms with E-state index in [-0.39, 0.29) is 17.3 Å². The molecule has 0 aliphatic rings. The van der Waals surface area contributed by atoms with E-state index in [4.69, 9.17) is 5.73 Å². The molecule has 1 aromatic carbocycles. The van der Waals surface area contributed by atoms with Gasteiger partial charge in [0.15, 0.2) is 0 Å². The van der Waals surface area contributed by atoms with Crippen molar-refractivity contribution < 1.29 is 13.2 Å². The van der Waals surface area contributed by atoms with E-state index in [9.17, 15) is 13.2 Å². The average Bonchev–Trinajstić information content (AvgIpc) is 2.02. The summed E-state index contributed by atoms with van der Waals surface area (Å²) in [5.41, 5.74) is 5.85. The van der Waals surface area contributed by atoms with Crippen LogP contribution in [0.25, 0.3) is 0 Å². The fraction of sp³-hybridized carbons (Fsp3) is 0.125. The van der Waals surface area contributed by atoms with Crippen LogP contribution in [0.4, 0.5) is 5.69 Å².